The highest BCUT2D eigenvalue weighted by atomic mass is 16.5. The highest BCUT2D eigenvalue weighted by Crippen LogP contribution is 2.44. The van der Waals surface area contributed by atoms with Crippen molar-refractivity contribution in [2.75, 3.05) is 13.2 Å². The van der Waals surface area contributed by atoms with Crippen molar-refractivity contribution in [2.45, 2.75) is 118 Å². The lowest BCUT2D eigenvalue weighted by Crippen LogP contribution is -2.13. The van der Waals surface area contributed by atoms with E-state index in [1.54, 1.807) is 0 Å². The molecule has 0 bridgehead atoms. The van der Waals surface area contributed by atoms with E-state index in [0.29, 0.717) is 17.8 Å². The highest BCUT2D eigenvalue weighted by Gasteiger charge is 2.20. The van der Waals surface area contributed by atoms with Crippen LogP contribution in [0.25, 0.3) is 21.5 Å². The monoisotopic (exact) mass is 518 g/mol. The third kappa shape index (κ3) is 7.90. The largest absolute Gasteiger partial charge is 0.492 e. The van der Waals surface area contributed by atoms with Gasteiger partial charge in [0.1, 0.15) is 11.5 Å². The third-order valence-electron chi connectivity index (χ3n) is 8.64. The summed E-state index contributed by atoms with van der Waals surface area (Å²) >= 11 is 0. The maximum absolute atomic E-state index is 6.80. The van der Waals surface area contributed by atoms with Crippen LogP contribution in [0.1, 0.15) is 124 Å². The van der Waals surface area contributed by atoms with Crippen molar-refractivity contribution in [3.63, 3.8) is 0 Å². The first-order chi connectivity index (χ1) is 18.6. The molecule has 3 atom stereocenters. The van der Waals surface area contributed by atoms with Gasteiger partial charge < -0.3 is 9.47 Å². The minimum Gasteiger partial charge on any atom is -0.492 e. The first-order valence-corrected chi connectivity index (χ1v) is 15.8. The van der Waals surface area contributed by atoms with Crippen molar-refractivity contribution in [3.05, 3.63) is 48.0 Å². The first-order valence-electron chi connectivity index (χ1n) is 15.8. The number of rotatable bonds is 18. The van der Waals surface area contributed by atoms with Gasteiger partial charge in [-0.1, -0.05) is 129 Å². The van der Waals surface area contributed by atoms with E-state index in [9.17, 15) is 0 Å². The lowest BCUT2D eigenvalue weighted by atomic mass is 9.93. The Kier molecular flexibility index (Phi) is 12.8. The van der Waals surface area contributed by atoms with Crippen LogP contribution in [0.2, 0.25) is 0 Å². The highest BCUT2D eigenvalue weighted by molar-refractivity contribution is 6.11. The average molecular weight is 519 g/mol. The molecule has 3 unspecified atom stereocenters. The second-order valence-electron chi connectivity index (χ2n) is 11.5. The molecule has 0 heterocycles. The number of fused-ring (bicyclic) bond motifs is 2. The SMILES string of the molecule is CCCCCC(CC)COc1c2ccccc2c(OCC(CC)CCCCC)c2cc(C(C)CC)ccc12. The van der Waals surface area contributed by atoms with Crippen LogP contribution in [0.5, 0.6) is 11.5 Å². The molecule has 0 N–H and O–H groups in total. The molecule has 0 aliphatic rings. The Hall–Kier alpha value is -2.22. The molecule has 2 nitrogen and oxygen atoms in total. The summed E-state index contributed by atoms with van der Waals surface area (Å²) in [4.78, 5) is 0. The molecule has 0 aliphatic carbocycles. The molecule has 2 heteroatoms. The van der Waals surface area contributed by atoms with Gasteiger partial charge in [-0.2, -0.15) is 0 Å². The molecule has 0 saturated carbocycles. The standard InChI is InChI=1S/C36H54O2/c1-7-12-14-18-28(10-4)25-37-35-31-20-16-17-21-32(31)36(38-26-29(11-5)19-15-13-8-2)34-24-30(27(6)9-3)22-23-33(34)35/h16-17,20-24,27-29H,7-15,18-19,25-26H2,1-6H3. The molecule has 3 aromatic carbocycles. The fraction of sp³-hybridized carbons (Fsp3) is 0.611. The van der Waals surface area contributed by atoms with E-state index in [0.717, 1.165) is 44.0 Å². The van der Waals surface area contributed by atoms with Crippen LogP contribution in [-0.2, 0) is 0 Å². The predicted molar refractivity (Wildman–Crippen MR) is 167 cm³/mol. The van der Waals surface area contributed by atoms with Crippen molar-refractivity contribution in [1.29, 1.82) is 0 Å². The molecule has 3 rings (SSSR count). The van der Waals surface area contributed by atoms with E-state index in [4.69, 9.17) is 9.47 Å². The van der Waals surface area contributed by atoms with Crippen LogP contribution in [0.15, 0.2) is 42.5 Å². The Morgan fingerprint density at radius 2 is 1.08 bits per heavy atom. The number of hydrogen-bond donors (Lipinski definition) is 0. The van der Waals surface area contributed by atoms with E-state index in [-0.39, 0.29) is 0 Å². The molecule has 0 fully saturated rings. The van der Waals surface area contributed by atoms with Gasteiger partial charge in [-0.3, -0.25) is 0 Å². The summed E-state index contributed by atoms with van der Waals surface area (Å²) in [6, 6.07) is 15.7. The summed E-state index contributed by atoms with van der Waals surface area (Å²) in [6.45, 7) is 15.3. The summed E-state index contributed by atoms with van der Waals surface area (Å²) in [7, 11) is 0. The van der Waals surface area contributed by atoms with Crippen molar-refractivity contribution in [1.82, 2.24) is 0 Å². The normalized spacial score (nSPS) is 14.1. The Morgan fingerprint density at radius 1 is 0.579 bits per heavy atom. The Balaban J connectivity index is 2.03. The van der Waals surface area contributed by atoms with E-state index < -0.39 is 0 Å². The van der Waals surface area contributed by atoms with Gasteiger partial charge in [0.2, 0.25) is 0 Å². The fourth-order valence-electron chi connectivity index (χ4n) is 5.55. The number of unbranched alkanes of at least 4 members (excludes halogenated alkanes) is 4. The zero-order chi connectivity index (χ0) is 27.3. The zero-order valence-corrected chi connectivity index (χ0v) is 25.3. The second-order valence-corrected chi connectivity index (χ2v) is 11.5. The molecule has 0 amide bonds. The maximum Gasteiger partial charge on any atom is 0.135 e. The van der Waals surface area contributed by atoms with Gasteiger partial charge >= 0.3 is 0 Å². The number of ether oxygens (including phenoxy) is 2. The molecule has 38 heavy (non-hydrogen) atoms. The van der Waals surface area contributed by atoms with Gasteiger partial charge in [-0.15, -0.1) is 0 Å². The molecule has 3 aromatic rings. The Morgan fingerprint density at radius 3 is 1.55 bits per heavy atom. The Bertz CT molecular complexity index is 1100. The van der Waals surface area contributed by atoms with Crippen LogP contribution in [-0.4, -0.2) is 13.2 Å². The van der Waals surface area contributed by atoms with Crippen LogP contribution < -0.4 is 9.47 Å². The van der Waals surface area contributed by atoms with Crippen LogP contribution in [0.4, 0.5) is 0 Å². The fourth-order valence-corrected chi connectivity index (χ4v) is 5.55. The first kappa shape index (κ1) is 30.3. The molecular weight excluding hydrogens is 464 g/mol. The van der Waals surface area contributed by atoms with Gasteiger partial charge in [0.25, 0.3) is 0 Å². The third-order valence-corrected chi connectivity index (χ3v) is 8.64. The van der Waals surface area contributed by atoms with Crippen LogP contribution >= 0.6 is 0 Å². The molecule has 0 spiro atoms. The summed E-state index contributed by atoms with van der Waals surface area (Å²) in [5.41, 5.74) is 1.38. The predicted octanol–water partition coefficient (Wildman–Crippen LogP) is 11.5. The molecule has 0 aliphatic heterocycles. The second kappa shape index (κ2) is 16.0. The zero-order valence-electron chi connectivity index (χ0n) is 25.3. The lowest BCUT2D eigenvalue weighted by molar-refractivity contribution is 0.234. The minimum absolute atomic E-state index is 0.517. The molecule has 0 aromatic heterocycles. The summed E-state index contributed by atoms with van der Waals surface area (Å²) in [6.07, 6.45) is 13.7. The van der Waals surface area contributed by atoms with Crippen molar-refractivity contribution < 1.29 is 9.47 Å². The molecule has 0 radical (unpaired) electrons. The summed E-state index contributed by atoms with van der Waals surface area (Å²) < 4.78 is 13.6. The van der Waals surface area contributed by atoms with E-state index in [1.165, 1.54) is 78.5 Å². The average Bonchev–Trinajstić information content (AvgIpc) is 2.96. The number of benzene rings is 3. The maximum atomic E-state index is 6.80. The van der Waals surface area contributed by atoms with E-state index >= 15 is 0 Å². The van der Waals surface area contributed by atoms with Crippen LogP contribution in [0, 0.1) is 11.8 Å². The van der Waals surface area contributed by atoms with Gasteiger partial charge in [-0.25, -0.2) is 0 Å². The summed E-state index contributed by atoms with van der Waals surface area (Å²) in [5, 5.41) is 4.75. The van der Waals surface area contributed by atoms with Gasteiger partial charge in [-0.05, 0) is 48.6 Å². The van der Waals surface area contributed by atoms with Crippen molar-refractivity contribution >= 4 is 21.5 Å². The van der Waals surface area contributed by atoms with Gasteiger partial charge in [0.15, 0.2) is 0 Å². The quantitative estimate of drug-likeness (QED) is 0.123. The lowest BCUT2D eigenvalue weighted by Gasteiger charge is -2.23. The van der Waals surface area contributed by atoms with Crippen molar-refractivity contribution in [3.8, 4) is 11.5 Å². The van der Waals surface area contributed by atoms with E-state index in [1.807, 2.05) is 0 Å². The van der Waals surface area contributed by atoms with Crippen molar-refractivity contribution in [2.24, 2.45) is 11.8 Å². The Labute approximate surface area is 233 Å². The number of hydrogen-bond acceptors (Lipinski definition) is 2. The molecule has 210 valence electrons. The summed E-state index contributed by atoms with van der Waals surface area (Å²) in [5.74, 6) is 3.78. The molecule has 0 saturated heterocycles. The van der Waals surface area contributed by atoms with E-state index in [2.05, 4.69) is 84.0 Å². The van der Waals surface area contributed by atoms with Crippen LogP contribution in [0.3, 0.4) is 0 Å². The smallest absolute Gasteiger partial charge is 0.135 e. The minimum atomic E-state index is 0.517. The molecular formula is C36H54O2. The van der Waals surface area contributed by atoms with Gasteiger partial charge in [0, 0.05) is 21.5 Å². The van der Waals surface area contributed by atoms with Gasteiger partial charge in [0.05, 0.1) is 13.2 Å². The topological polar surface area (TPSA) is 18.5 Å².